The summed E-state index contributed by atoms with van der Waals surface area (Å²) in [5, 5.41) is 14.5. The van der Waals surface area contributed by atoms with E-state index in [1.807, 2.05) is 0 Å². The van der Waals surface area contributed by atoms with E-state index in [0.29, 0.717) is 11.5 Å². The van der Waals surface area contributed by atoms with Gasteiger partial charge in [0.25, 0.3) is 0 Å². The number of aliphatic hydroxyl groups is 1. The molecule has 0 aliphatic heterocycles. The molecule has 2 aliphatic rings. The average Bonchev–Trinajstić information content (AvgIpc) is 2.41. The van der Waals surface area contributed by atoms with Crippen molar-refractivity contribution in [3.8, 4) is 0 Å². The Balaban J connectivity index is 1.75. The smallest absolute Gasteiger partial charge is 0.0772 e. The maximum absolute atomic E-state index is 10.8. The standard InChI is InChI=1S/C19H37NO/c1-15(2)12-16-6-5-7-17(13-16)20-14-19(21)10-8-18(3,4)9-11-19/h15-17,20-21H,5-14H2,1-4H3. The zero-order chi connectivity index (χ0) is 15.5. The lowest BCUT2D eigenvalue weighted by atomic mass is 9.71. The Morgan fingerprint density at radius 3 is 2.38 bits per heavy atom. The van der Waals surface area contributed by atoms with Crippen LogP contribution < -0.4 is 5.32 Å². The summed E-state index contributed by atoms with van der Waals surface area (Å²) in [7, 11) is 0. The Morgan fingerprint density at radius 1 is 1.10 bits per heavy atom. The highest BCUT2D eigenvalue weighted by Crippen LogP contribution is 2.40. The van der Waals surface area contributed by atoms with E-state index in [1.165, 1.54) is 32.1 Å². The second kappa shape index (κ2) is 7.00. The minimum absolute atomic E-state index is 0.430. The van der Waals surface area contributed by atoms with Crippen LogP contribution in [-0.2, 0) is 0 Å². The predicted molar refractivity (Wildman–Crippen MR) is 90.4 cm³/mol. The van der Waals surface area contributed by atoms with Gasteiger partial charge < -0.3 is 10.4 Å². The fourth-order valence-corrected chi connectivity index (χ4v) is 4.26. The lowest BCUT2D eigenvalue weighted by Gasteiger charge is -2.41. The van der Waals surface area contributed by atoms with E-state index in [-0.39, 0.29) is 0 Å². The molecule has 2 saturated carbocycles. The first-order valence-corrected chi connectivity index (χ1v) is 9.24. The van der Waals surface area contributed by atoms with Crippen LogP contribution in [0.5, 0.6) is 0 Å². The van der Waals surface area contributed by atoms with E-state index in [1.54, 1.807) is 0 Å². The van der Waals surface area contributed by atoms with Gasteiger partial charge in [-0.25, -0.2) is 0 Å². The third kappa shape index (κ3) is 5.56. The third-order valence-corrected chi connectivity index (χ3v) is 5.84. The summed E-state index contributed by atoms with van der Waals surface area (Å²) >= 11 is 0. The van der Waals surface area contributed by atoms with Gasteiger partial charge in [-0.15, -0.1) is 0 Å². The van der Waals surface area contributed by atoms with Crippen LogP contribution >= 0.6 is 0 Å². The summed E-state index contributed by atoms with van der Waals surface area (Å²) in [6, 6.07) is 0.640. The number of hydrogen-bond acceptors (Lipinski definition) is 2. The quantitative estimate of drug-likeness (QED) is 0.782. The van der Waals surface area contributed by atoms with Crippen molar-refractivity contribution in [2.45, 2.75) is 97.1 Å². The second-order valence-electron chi connectivity index (χ2n) is 9.13. The molecule has 2 nitrogen and oxygen atoms in total. The minimum Gasteiger partial charge on any atom is -0.389 e. The molecule has 2 aliphatic carbocycles. The first-order chi connectivity index (χ1) is 9.78. The highest BCUT2D eigenvalue weighted by Gasteiger charge is 2.37. The van der Waals surface area contributed by atoms with Crippen LogP contribution in [0.15, 0.2) is 0 Å². The minimum atomic E-state index is -0.444. The lowest BCUT2D eigenvalue weighted by Crippen LogP contribution is -2.48. The van der Waals surface area contributed by atoms with Gasteiger partial charge in [-0.05, 0) is 62.2 Å². The Bertz CT molecular complexity index is 314. The molecular weight excluding hydrogens is 258 g/mol. The maximum Gasteiger partial charge on any atom is 0.0772 e. The highest BCUT2D eigenvalue weighted by molar-refractivity contribution is 4.92. The SMILES string of the molecule is CC(C)CC1CCCC(NCC2(O)CCC(C)(C)CC2)C1. The van der Waals surface area contributed by atoms with Crippen LogP contribution in [0, 0.1) is 17.3 Å². The normalized spacial score (nSPS) is 32.3. The van der Waals surface area contributed by atoms with Gasteiger partial charge in [-0.2, -0.15) is 0 Å². The lowest BCUT2D eigenvalue weighted by molar-refractivity contribution is -0.0273. The summed E-state index contributed by atoms with van der Waals surface area (Å²) in [6.45, 7) is 10.1. The van der Waals surface area contributed by atoms with Gasteiger partial charge in [0.15, 0.2) is 0 Å². The van der Waals surface area contributed by atoms with E-state index < -0.39 is 5.60 Å². The summed E-state index contributed by atoms with van der Waals surface area (Å²) in [5.74, 6) is 1.72. The molecule has 0 amide bonds. The first-order valence-electron chi connectivity index (χ1n) is 9.24. The van der Waals surface area contributed by atoms with Crippen LogP contribution in [0.1, 0.15) is 85.5 Å². The fraction of sp³-hybridized carbons (Fsp3) is 1.00. The van der Waals surface area contributed by atoms with Crippen LogP contribution in [0.2, 0.25) is 0 Å². The van der Waals surface area contributed by atoms with Gasteiger partial charge in [-0.3, -0.25) is 0 Å². The molecule has 2 unspecified atom stereocenters. The molecule has 0 heterocycles. The molecule has 2 atom stereocenters. The Hall–Kier alpha value is -0.0800. The molecule has 2 rings (SSSR count). The summed E-state index contributed by atoms with van der Waals surface area (Å²) < 4.78 is 0. The van der Waals surface area contributed by atoms with Gasteiger partial charge in [0, 0.05) is 12.6 Å². The molecule has 0 radical (unpaired) electrons. The largest absolute Gasteiger partial charge is 0.389 e. The van der Waals surface area contributed by atoms with E-state index in [4.69, 9.17) is 0 Å². The molecule has 2 N–H and O–H groups in total. The summed E-state index contributed by atoms with van der Waals surface area (Å²) in [4.78, 5) is 0. The van der Waals surface area contributed by atoms with Crippen molar-refractivity contribution in [1.82, 2.24) is 5.32 Å². The van der Waals surface area contributed by atoms with Crippen molar-refractivity contribution < 1.29 is 5.11 Å². The van der Waals surface area contributed by atoms with Crippen molar-refractivity contribution in [3.05, 3.63) is 0 Å². The van der Waals surface area contributed by atoms with Crippen molar-refractivity contribution in [2.24, 2.45) is 17.3 Å². The summed E-state index contributed by atoms with van der Waals surface area (Å²) in [6.07, 6.45) is 11.0. The molecule has 0 spiro atoms. The molecule has 2 heteroatoms. The van der Waals surface area contributed by atoms with Crippen LogP contribution in [0.25, 0.3) is 0 Å². The Morgan fingerprint density at radius 2 is 1.76 bits per heavy atom. The number of nitrogens with one attached hydrogen (secondary N) is 1. The van der Waals surface area contributed by atoms with Crippen molar-refractivity contribution in [1.29, 1.82) is 0 Å². The molecular formula is C19H37NO. The van der Waals surface area contributed by atoms with Crippen molar-refractivity contribution in [3.63, 3.8) is 0 Å². The van der Waals surface area contributed by atoms with Gasteiger partial charge in [-0.1, -0.05) is 40.5 Å². The molecule has 21 heavy (non-hydrogen) atoms. The molecule has 0 aromatic rings. The van der Waals surface area contributed by atoms with Crippen LogP contribution in [0.4, 0.5) is 0 Å². The number of rotatable bonds is 5. The van der Waals surface area contributed by atoms with E-state index >= 15 is 0 Å². The van der Waals surface area contributed by atoms with Crippen molar-refractivity contribution in [2.75, 3.05) is 6.54 Å². The maximum atomic E-state index is 10.8. The Labute approximate surface area is 132 Å². The monoisotopic (exact) mass is 295 g/mol. The third-order valence-electron chi connectivity index (χ3n) is 5.84. The topological polar surface area (TPSA) is 32.3 Å². The average molecular weight is 296 g/mol. The van der Waals surface area contributed by atoms with Crippen LogP contribution in [0.3, 0.4) is 0 Å². The van der Waals surface area contributed by atoms with E-state index in [0.717, 1.165) is 44.1 Å². The van der Waals surface area contributed by atoms with E-state index in [9.17, 15) is 5.11 Å². The molecule has 0 aromatic heterocycles. The molecule has 0 bridgehead atoms. The zero-order valence-electron chi connectivity index (χ0n) is 14.8. The highest BCUT2D eigenvalue weighted by atomic mass is 16.3. The van der Waals surface area contributed by atoms with Crippen molar-refractivity contribution >= 4 is 0 Å². The van der Waals surface area contributed by atoms with Gasteiger partial charge in [0.05, 0.1) is 5.60 Å². The first kappa shape index (κ1) is 17.3. The van der Waals surface area contributed by atoms with Gasteiger partial charge >= 0.3 is 0 Å². The summed E-state index contributed by atoms with van der Waals surface area (Å²) in [5.41, 5.74) is -0.0139. The zero-order valence-corrected chi connectivity index (χ0v) is 14.8. The number of hydrogen-bond donors (Lipinski definition) is 2. The van der Waals surface area contributed by atoms with E-state index in [2.05, 4.69) is 33.0 Å². The molecule has 0 saturated heterocycles. The fourth-order valence-electron chi connectivity index (χ4n) is 4.26. The van der Waals surface area contributed by atoms with Gasteiger partial charge in [0.2, 0.25) is 0 Å². The predicted octanol–water partition coefficient (Wildman–Crippen LogP) is 4.51. The second-order valence-corrected chi connectivity index (χ2v) is 9.13. The van der Waals surface area contributed by atoms with Gasteiger partial charge in [0.1, 0.15) is 0 Å². The molecule has 124 valence electrons. The Kier molecular flexibility index (Phi) is 5.76. The molecule has 2 fully saturated rings. The van der Waals surface area contributed by atoms with Crippen LogP contribution in [-0.4, -0.2) is 23.3 Å². The molecule has 0 aromatic carbocycles.